The normalized spacial score (nSPS) is 19.1. The maximum atomic E-state index is 12.1. The van der Waals surface area contributed by atoms with E-state index < -0.39 is 21.5 Å². The van der Waals surface area contributed by atoms with Gasteiger partial charge in [0.25, 0.3) is 0 Å². The van der Waals surface area contributed by atoms with E-state index in [0.29, 0.717) is 11.3 Å². The van der Waals surface area contributed by atoms with E-state index in [1.807, 2.05) is 12.1 Å². The number of aliphatic imine (C=N–C) groups is 1. The zero-order valence-corrected chi connectivity index (χ0v) is 23.4. The minimum absolute atomic E-state index is 0. The van der Waals surface area contributed by atoms with Crippen LogP contribution in [0.15, 0.2) is 59.6 Å². The number of ether oxygens (including phenoxy) is 1. The number of aliphatic hydroxyl groups is 1. The van der Waals surface area contributed by atoms with E-state index in [1.165, 1.54) is 24.3 Å². The van der Waals surface area contributed by atoms with E-state index in [2.05, 4.69) is 11.9 Å². The molecule has 0 saturated heterocycles. The number of hydrogen-bond acceptors (Lipinski definition) is 7. The number of phenolic OH excluding ortho intramolecular Hbond substituents is 1. The van der Waals surface area contributed by atoms with E-state index in [1.54, 1.807) is 18.2 Å². The number of hydrogen-bond donors (Lipinski definition) is 4. The summed E-state index contributed by atoms with van der Waals surface area (Å²) >= 11 is 0. The molecule has 0 spiro atoms. The number of fused-ring (bicyclic) bond motifs is 1. The molecule has 0 bridgehead atoms. The number of aryl methyl sites for hydroxylation is 1. The van der Waals surface area contributed by atoms with Crippen molar-refractivity contribution in [3.63, 3.8) is 0 Å². The van der Waals surface area contributed by atoms with Crippen LogP contribution in [0.2, 0.25) is 0 Å². The molecule has 1 aliphatic carbocycles. The van der Waals surface area contributed by atoms with Gasteiger partial charge in [-0.2, -0.15) is 0 Å². The fourth-order valence-electron chi connectivity index (χ4n) is 4.44. The van der Waals surface area contributed by atoms with Crippen molar-refractivity contribution < 1.29 is 57.5 Å². The van der Waals surface area contributed by atoms with Crippen LogP contribution in [0, 0.1) is 5.92 Å². The van der Waals surface area contributed by atoms with Crippen LogP contribution in [0.25, 0.3) is 0 Å². The molecule has 0 heterocycles. The molecular weight excluding hydrogens is 493 g/mol. The number of benzene rings is 2. The van der Waals surface area contributed by atoms with Crippen molar-refractivity contribution in [3.8, 4) is 11.5 Å². The van der Waals surface area contributed by atoms with Crippen LogP contribution < -0.4 is 45.8 Å². The van der Waals surface area contributed by atoms with Gasteiger partial charge in [-0.15, -0.1) is 0 Å². The Balaban J connectivity index is 0.00000456. The van der Waals surface area contributed by atoms with Gasteiger partial charge in [0.2, 0.25) is 0 Å². The summed E-state index contributed by atoms with van der Waals surface area (Å²) in [5.74, 6) is 0.727. The van der Waals surface area contributed by atoms with Gasteiger partial charge in [-0.25, -0.2) is 13.4 Å². The number of rotatable bonds is 10. The van der Waals surface area contributed by atoms with Crippen molar-refractivity contribution in [3.05, 3.63) is 71.3 Å². The average Bonchev–Trinajstić information content (AvgIpc) is 2.79. The van der Waals surface area contributed by atoms with Gasteiger partial charge < -0.3 is 31.0 Å². The molecule has 2 aromatic carbocycles. The third-order valence-electron chi connectivity index (χ3n) is 6.43. The first-order valence-electron chi connectivity index (χ1n) is 11.4. The molecule has 4 atom stereocenters. The zero-order valence-electron chi connectivity index (χ0n) is 20.6. The number of allylic oxidation sites excluding steroid dienone is 1. The molecular formula is C25H32N3NaO6S. The average molecular weight is 526 g/mol. The van der Waals surface area contributed by atoms with Crippen LogP contribution in [0.3, 0.4) is 0 Å². The second-order valence-electron chi connectivity index (χ2n) is 8.89. The smallest absolute Gasteiger partial charge is 0.748 e. The molecule has 0 amide bonds. The number of phenols is 1. The molecule has 0 aromatic heterocycles. The predicted molar refractivity (Wildman–Crippen MR) is 133 cm³/mol. The van der Waals surface area contributed by atoms with Crippen molar-refractivity contribution >= 4 is 16.1 Å². The van der Waals surface area contributed by atoms with Gasteiger partial charge in [0.15, 0.2) is 12.7 Å². The summed E-state index contributed by atoms with van der Waals surface area (Å²) in [5.41, 5.74) is 13.2. The zero-order chi connectivity index (χ0) is 25.6. The molecule has 11 heteroatoms. The van der Waals surface area contributed by atoms with E-state index in [9.17, 15) is 23.2 Å². The number of aliphatic hydroxyl groups excluding tert-OH is 1. The Morgan fingerprint density at radius 2 is 1.94 bits per heavy atom. The van der Waals surface area contributed by atoms with Gasteiger partial charge in [-0.3, -0.25) is 0 Å². The molecule has 0 saturated carbocycles. The molecule has 3 rings (SSSR count). The minimum Gasteiger partial charge on any atom is -0.748 e. The molecule has 6 N–H and O–H groups in total. The van der Waals surface area contributed by atoms with Crippen LogP contribution in [-0.4, -0.2) is 41.1 Å². The fourth-order valence-corrected chi connectivity index (χ4v) is 5.23. The third-order valence-corrected chi connectivity index (χ3v) is 7.63. The Labute approximate surface area is 234 Å². The van der Waals surface area contributed by atoms with Crippen LogP contribution in [0.4, 0.5) is 0 Å². The van der Waals surface area contributed by atoms with Gasteiger partial charge in [-0.1, -0.05) is 37.3 Å². The van der Waals surface area contributed by atoms with Crippen molar-refractivity contribution in [1.82, 2.24) is 0 Å². The summed E-state index contributed by atoms with van der Waals surface area (Å²) in [7, 11) is -4.57. The molecule has 0 aliphatic heterocycles. The molecule has 190 valence electrons. The van der Waals surface area contributed by atoms with Gasteiger partial charge in [0.1, 0.15) is 11.5 Å². The van der Waals surface area contributed by atoms with E-state index in [4.69, 9.17) is 16.2 Å². The van der Waals surface area contributed by atoms with E-state index in [0.717, 1.165) is 24.0 Å². The van der Waals surface area contributed by atoms with E-state index in [-0.39, 0.29) is 72.7 Å². The van der Waals surface area contributed by atoms with Gasteiger partial charge in [-0.05, 0) is 78.5 Å². The quantitative estimate of drug-likeness (QED) is 0.107. The number of aromatic hydroxyl groups is 1. The molecule has 0 unspecified atom stereocenters. The van der Waals surface area contributed by atoms with Gasteiger partial charge in [0, 0.05) is 0 Å². The first-order valence-corrected chi connectivity index (χ1v) is 12.9. The van der Waals surface area contributed by atoms with Crippen LogP contribution in [-0.2, 0) is 16.5 Å². The molecule has 0 fully saturated rings. The molecule has 0 radical (unpaired) electrons. The Bertz CT molecular complexity index is 1170. The minimum atomic E-state index is -4.57. The Morgan fingerprint density at radius 1 is 1.25 bits per heavy atom. The van der Waals surface area contributed by atoms with Crippen molar-refractivity contribution in [1.29, 1.82) is 0 Å². The maximum Gasteiger partial charge on any atom is 1.00 e. The monoisotopic (exact) mass is 525 g/mol. The maximum absolute atomic E-state index is 12.1. The number of nitrogens with zero attached hydrogens (tertiary/aromatic N) is 1. The van der Waals surface area contributed by atoms with E-state index >= 15 is 0 Å². The summed E-state index contributed by atoms with van der Waals surface area (Å²) in [5, 5.41) is 18.6. The number of guanidine groups is 1. The summed E-state index contributed by atoms with van der Waals surface area (Å²) in [4.78, 5) is 3.80. The predicted octanol–water partition coefficient (Wildman–Crippen LogP) is -0.344. The Kier molecular flexibility index (Phi) is 11.3. The number of nitrogens with two attached hydrogens (primary N) is 2. The molecule has 1 aliphatic rings. The van der Waals surface area contributed by atoms with Crippen molar-refractivity contribution in [2.24, 2.45) is 22.4 Å². The first-order chi connectivity index (χ1) is 16.5. The summed E-state index contributed by atoms with van der Waals surface area (Å²) in [6.45, 7) is 2.06. The van der Waals surface area contributed by atoms with Gasteiger partial charge >= 0.3 is 29.6 Å². The fraction of sp³-hybridized carbons (Fsp3) is 0.400. The van der Waals surface area contributed by atoms with Crippen molar-refractivity contribution in [2.75, 3.05) is 6.73 Å². The van der Waals surface area contributed by atoms with Crippen LogP contribution in [0.5, 0.6) is 11.5 Å². The summed E-state index contributed by atoms with van der Waals surface area (Å²) in [6.07, 6.45) is 3.89. The summed E-state index contributed by atoms with van der Waals surface area (Å²) in [6, 6.07) is 11.7. The SMILES string of the molecule is C[C@@H]1CCc2cc(OCN=C(N)N)ccc2[C@H]1C[C@H](C/C=C/[C@@H](O)c1ccc(O)cc1)S(=O)(=O)[O-].[Na+]. The Hall–Kier alpha value is -2.08. The third kappa shape index (κ3) is 8.50. The second kappa shape index (κ2) is 13.5. The van der Waals surface area contributed by atoms with Gasteiger partial charge in [0.05, 0.1) is 21.5 Å². The van der Waals surface area contributed by atoms with Crippen molar-refractivity contribution in [2.45, 2.75) is 49.9 Å². The Morgan fingerprint density at radius 3 is 2.58 bits per heavy atom. The molecule has 9 nitrogen and oxygen atoms in total. The van der Waals surface area contributed by atoms with Crippen LogP contribution in [0.1, 0.15) is 54.9 Å². The second-order valence-corrected chi connectivity index (χ2v) is 10.5. The summed E-state index contributed by atoms with van der Waals surface area (Å²) < 4.78 is 41.9. The largest absolute Gasteiger partial charge is 1.00 e. The van der Waals surface area contributed by atoms with Crippen LogP contribution >= 0.6 is 0 Å². The molecule has 2 aromatic rings. The molecule has 36 heavy (non-hydrogen) atoms. The standard InChI is InChI=1S/C25H33N3O6S.Na/c1-16-5-6-18-13-20(34-15-28-25(26)27)11-12-22(18)23(16)14-21(35(31,32)33)3-2-4-24(30)17-7-9-19(29)10-8-17;/h2,4,7-13,16,21,23-24,29-30H,3,5-6,14-15H2,1H3,(H4,26,27,28)(H,31,32,33);/q;+1/p-1/b4-2+;/t16-,21+,23+,24-;/m1./s1. The topological polar surface area (TPSA) is 171 Å². The first kappa shape index (κ1) is 30.1.